The Morgan fingerprint density at radius 2 is 2.57 bits per heavy atom. The SMILES string of the molecule is COC[C@]12C/C(=C\F)CN1C[C@H](O)C2. The van der Waals surface area contributed by atoms with Gasteiger partial charge in [-0.05, 0) is 18.4 Å². The van der Waals surface area contributed by atoms with Gasteiger partial charge in [-0.2, -0.15) is 0 Å². The third kappa shape index (κ3) is 1.47. The quantitative estimate of drug-likeness (QED) is 0.713. The minimum atomic E-state index is -0.286. The molecule has 2 saturated heterocycles. The standard InChI is InChI=1S/C10H16FNO2/c1-14-7-10-2-8(4-11)5-12(10)6-9(13)3-10/h4,9,13H,2-3,5-7H2,1H3/b8-4+/t9-,10-/m1/s1. The number of aliphatic hydroxyl groups excluding tert-OH is 1. The van der Waals surface area contributed by atoms with Gasteiger partial charge in [0.25, 0.3) is 0 Å². The van der Waals surface area contributed by atoms with Crippen molar-refractivity contribution in [2.75, 3.05) is 26.8 Å². The molecule has 3 nitrogen and oxygen atoms in total. The van der Waals surface area contributed by atoms with E-state index < -0.39 is 0 Å². The molecule has 2 fully saturated rings. The number of halogens is 1. The second-order valence-electron chi connectivity index (χ2n) is 4.34. The molecule has 80 valence electrons. The second-order valence-corrected chi connectivity index (χ2v) is 4.34. The van der Waals surface area contributed by atoms with Crippen LogP contribution in [0.25, 0.3) is 0 Å². The zero-order valence-electron chi connectivity index (χ0n) is 8.37. The van der Waals surface area contributed by atoms with E-state index in [4.69, 9.17) is 4.74 Å². The first-order chi connectivity index (χ1) is 6.70. The Morgan fingerprint density at radius 3 is 3.21 bits per heavy atom. The molecule has 0 radical (unpaired) electrons. The fourth-order valence-electron chi connectivity index (χ4n) is 2.76. The highest BCUT2D eigenvalue weighted by molar-refractivity contribution is 5.20. The summed E-state index contributed by atoms with van der Waals surface area (Å²) in [5, 5.41) is 9.58. The highest BCUT2D eigenvalue weighted by Gasteiger charge is 2.49. The smallest absolute Gasteiger partial charge is 0.0872 e. The van der Waals surface area contributed by atoms with Crippen LogP contribution < -0.4 is 0 Å². The first kappa shape index (κ1) is 10.1. The molecule has 0 aromatic heterocycles. The monoisotopic (exact) mass is 201 g/mol. The van der Waals surface area contributed by atoms with Crippen LogP contribution in [-0.2, 0) is 4.74 Å². The molecule has 2 aliphatic rings. The summed E-state index contributed by atoms with van der Waals surface area (Å²) in [6.07, 6.45) is 1.79. The number of ether oxygens (including phenoxy) is 1. The number of aliphatic hydroxyl groups is 1. The van der Waals surface area contributed by atoms with Gasteiger partial charge >= 0.3 is 0 Å². The molecule has 14 heavy (non-hydrogen) atoms. The van der Waals surface area contributed by atoms with E-state index >= 15 is 0 Å². The Labute approximate surface area is 83.2 Å². The number of hydrogen-bond donors (Lipinski definition) is 1. The fourth-order valence-corrected chi connectivity index (χ4v) is 2.76. The normalized spacial score (nSPS) is 40.8. The highest BCUT2D eigenvalue weighted by Crippen LogP contribution is 2.41. The minimum absolute atomic E-state index is 0.147. The summed E-state index contributed by atoms with van der Waals surface area (Å²) in [4.78, 5) is 2.13. The number of rotatable bonds is 2. The van der Waals surface area contributed by atoms with Crippen LogP contribution in [0.15, 0.2) is 11.9 Å². The van der Waals surface area contributed by atoms with Gasteiger partial charge in [0.05, 0.1) is 24.6 Å². The van der Waals surface area contributed by atoms with E-state index in [9.17, 15) is 9.50 Å². The Bertz CT molecular complexity index is 257. The van der Waals surface area contributed by atoms with Crippen LogP contribution in [0.3, 0.4) is 0 Å². The van der Waals surface area contributed by atoms with E-state index in [0.29, 0.717) is 38.9 Å². The number of β-amino-alcohol motifs (C(OH)–C–C–N with tert-alkyl or cyclic N) is 1. The second kappa shape index (κ2) is 3.61. The van der Waals surface area contributed by atoms with Crippen LogP contribution in [0.2, 0.25) is 0 Å². The summed E-state index contributed by atoms with van der Waals surface area (Å²) in [6, 6.07) is 0. The lowest BCUT2D eigenvalue weighted by Crippen LogP contribution is -2.42. The van der Waals surface area contributed by atoms with E-state index in [1.807, 2.05) is 0 Å². The molecule has 2 heterocycles. The molecular weight excluding hydrogens is 185 g/mol. The largest absolute Gasteiger partial charge is 0.392 e. The van der Waals surface area contributed by atoms with Crippen molar-refractivity contribution >= 4 is 0 Å². The highest BCUT2D eigenvalue weighted by atomic mass is 19.1. The third-order valence-corrected chi connectivity index (χ3v) is 3.23. The Hall–Kier alpha value is -0.450. The van der Waals surface area contributed by atoms with Gasteiger partial charge < -0.3 is 9.84 Å². The van der Waals surface area contributed by atoms with Gasteiger partial charge in [0.15, 0.2) is 0 Å². The molecule has 2 rings (SSSR count). The van der Waals surface area contributed by atoms with Crippen molar-refractivity contribution in [3.05, 3.63) is 11.9 Å². The summed E-state index contributed by atoms with van der Waals surface area (Å²) in [5.74, 6) is 0. The molecule has 2 aliphatic heterocycles. The van der Waals surface area contributed by atoms with E-state index in [1.165, 1.54) is 0 Å². The topological polar surface area (TPSA) is 32.7 Å². The predicted molar refractivity (Wildman–Crippen MR) is 50.6 cm³/mol. The number of nitrogens with zero attached hydrogens (tertiary/aromatic N) is 1. The van der Waals surface area contributed by atoms with Crippen molar-refractivity contribution in [1.29, 1.82) is 0 Å². The molecule has 0 aromatic carbocycles. The van der Waals surface area contributed by atoms with E-state index in [0.717, 1.165) is 5.57 Å². The number of methoxy groups -OCH3 is 1. The van der Waals surface area contributed by atoms with Crippen molar-refractivity contribution in [2.45, 2.75) is 24.5 Å². The van der Waals surface area contributed by atoms with E-state index in [1.54, 1.807) is 7.11 Å². The van der Waals surface area contributed by atoms with Crippen LogP contribution in [0.5, 0.6) is 0 Å². The summed E-state index contributed by atoms with van der Waals surface area (Å²) >= 11 is 0. The van der Waals surface area contributed by atoms with Gasteiger partial charge in [-0.15, -0.1) is 0 Å². The van der Waals surface area contributed by atoms with Gasteiger partial charge in [0.2, 0.25) is 0 Å². The lowest BCUT2D eigenvalue weighted by atomic mass is 9.93. The van der Waals surface area contributed by atoms with Crippen molar-refractivity contribution in [1.82, 2.24) is 4.90 Å². The minimum Gasteiger partial charge on any atom is -0.392 e. The van der Waals surface area contributed by atoms with Crippen molar-refractivity contribution < 1.29 is 14.2 Å². The molecule has 0 aliphatic carbocycles. The average Bonchev–Trinajstić information content (AvgIpc) is 2.57. The molecule has 0 spiro atoms. The van der Waals surface area contributed by atoms with Crippen LogP contribution in [0, 0.1) is 0 Å². The van der Waals surface area contributed by atoms with Crippen molar-refractivity contribution in [2.24, 2.45) is 0 Å². The van der Waals surface area contributed by atoms with Gasteiger partial charge in [-0.1, -0.05) is 0 Å². The van der Waals surface area contributed by atoms with Crippen molar-refractivity contribution in [3.8, 4) is 0 Å². The zero-order chi connectivity index (χ0) is 10.2. The molecule has 0 saturated carbocycles. The van der Waals surface area contributed by atoms with Crippen LogP contribution >= 0.6 is 0 Å². The summed E-state index contributed by atoms with van der Waals surface area (Å²) < 4.78 is 17.6. The Morgan fingerprint density at radius 1 is 1.79 bits per heavy atom. The Kier molecular flexibility index (Phi) is 2.60. The molecule has 0 bridgehead atoms. The summed E-state index contributed by atoms with van der Waals surface area (Å²) in [7, 11) is 1.65. The van der Waals surface area contributed by atoms with Crippen molar-refractivity contribution in [3.63, 3.8) is 0 Å². The van der Waals surface area contributed by atoms with Gasteiger partial charge in [-0.25, -0.2) is 4.39 Å². The first-order valence-corrected chi connectivity index (χ1v) is 4.90. The number of fused-ring (bicyclic) bond motifs is 1. The molecular formula is C10H16FNO2. The lowest BCUT2D eigenvalue weighted by molar-refractivity contribution is 0.0648. The third-order valence-electron chi connectivity index (χ3n) is 3.23. The molecule has 2 atom stereocenters. The maximum Gasteiger partial charge on any atom is 0.0872 e. The van der Waals surface area contributed by atoms with Gasteiger partial charge in [0.1, 0.15) is 0 Å². The van der Waals surface area contributed by atoms with Crippen LogP contribution in [0.1, 0.15) is 12.8 Å². The Balaban J connectivity index is 2.17. The maximum atomic E-state index is 12.4. The molecule has 0 amide bonds. The summed E-state index contributed by atoms with van der Waals surface area (Å²) in [5.41, 5.74) is 0.667. The number of hydrogen-bond acceptors (Lipinski definition) is 3. The van der Waals surface area contributed by atoms with E-state index in [2.05, 4.69) is 4.90 Å². The van der Waals surface area contributed by atoms with E-state index in [-0.39, 0.29) is 11.6 Å². The molecule has 4 heteroatoms. The van der Waals surface area contributed by atoms with Crippen LogP contribution in [-0.4, -0.2) is 48.5 Å². The zero-order valence-corrected chi connectivity index (χ0v) is 8.37. The molecule has 1 N–H and O–H groups in total. The maximum absolute atomic E-state index is 12.4. The average molecular weight is 201 g/mol. The first-order valence-electron chi connectivity index (χ1n) is 4.90. The molecule has 0 unspecified atom stereocenters. The van der Waals surface area contributed by atoms with Crippen LogP contribution in [0.4, 0.5) is 4.39 Å². The fraction of sp³-hybridized carbons (Fsp3) is 0.800. The summed E-state index contributed by atoms with van der Waals surface area (Å²) in [6.45, 7) is 1.85. The lowest BCUT2D eigenvalue weighted by Gasteiger charge is -2.30. The van der Waals surface area contributed by atoms with Gasteiger partial charge in [0, 0.05) is 20.2 Å². The predicted octanol–water partition coefficient (Wildman–Crippen LogP) is 0.695. The van der Waals surface area contributed by atoms with Gasteiger partial charge in [-0.3, -0.25) is 4.90 Å². The molecule has 0 aromatic rings.